The van der Waals surface area contributed by atoms with Gasteiger partial charge in [0.2, 0.25) is 0 Å². The Bertz CT molecular complexity index is 230. The zero-order valence-electron chi connectivity index (χ0n) is 8.08. The Morgan fingerprint density at radius 3 is 2.92 bits per heavy atom. The number of hydrogen-bond acceptors (Lipinski definition) is 2. The molecule has 0 saturated heterocycles. The largest absolute Gasteiger partial charge is 0.465 e. The molecular weight excluding hydrogens is 164 g/mol. The van der Waals surface area contributed by atoms with Gasteiger partial charge in [0, 0.05) is 12.8 Å². The van der Waals surface area contributed by atoms with Crippen molar-refractivity contribution in [1.29, 1.82) is 0 Å². The van der Waals surface area contributed by atoms with Gasteiger partial charge in [-0.3, -0.25) is 4.79 Å². The van der Waals surface area contributed by atoms with Gasteiger partial charge in [-0.2, -0.15) is 0 Å². The summed E-state index contributed by atoms with van der Waals surface area (Å²) in [4.78, 5) is 10.6. The molecule has 0 spiro atoms. The van der Waals surface area contributed by atoms with E-state index in [0.29, 0.717) is 18.4 Å². The molecule has 0 aromatic rings. The van der Waals surface area contributed by atoms with Crippen molar-refractivity contribution in [2.24, 2.45) is 11.8 Å². The second-order valence-electron chi connectivity index (χ2n) is 3.59. The van der Waals surface area contributed by atoms with Gasteiger partial charge in [-0.15, -0.1) is 6.58 Å². The zero-order chi connectivity index (χ0) is 9.84. The van der Waals surface area contributed by atoms with Crippen LogP contribution in [0.25, 0.3) is 0 Å². The SMILES string of the molecule is C=CC1CC(=C)C(COC(C)=O)C1. The van der Waals surface area contributed by atoms with E-state index in [1.165, 1.54) is 12.5 Å². The summed E-state index contributed by atoms with van der Waals surface area (Å²) in [6.45, 7) is 9.65. The van der Waals surface area contributed by atoms with Crippen molar-refractivity contribution in [2.45, 2.75) is 19.8 Å². The second-order valence-corrected chi connectivity index (χ2v) is 3.59. The highest BCUT2D eigenvalue weighted by atomic mass is 16.5. The Hall–Kier alpha value is -1.05. The van der Waals surface area contributed by atoms with Crippen molar-refractivity contribution in [2.75, 3.05) is 6.61 Å². The summed E-state index contributed by atoms with van der Waals surface area (Å²) in [7, 11) is 0. The number of ether oxygens (including phenoxy) is 1. The van der Waals surface area contributed by atoms with Crippen molar-refractivity contribution in [1.82, 2.24) is 0 Å². The average Bonchev–Trinajstić information content (AvgIpc) is 2.43. The molecule has 0 amide bonds. The van der Waals surface area contributed by atoms with Crippen LogP contribution in [0.1, 0.15) is 19.8 Å². The zero-order valence-corrected chi connectivity index (χ0v) is 8.08. The molecule has 0 radical (unpaired) electrons. The van der Waals surface area contributed by atoms with E-state index in [1.54, 1.807) is 0 Å². The summed E-state index contributed by atoms with van der Waals surface area (Å²) < 4.78 is 4.95. The predicted molar refractivity (Wildman–Crippen MR) is 52.2 cm³/mol. The fourth-order valence-corrected chi connectivity index (χ4v) is 1.70. The quantitative estimate of drug-likeness (QED) is 0.492. The summed E-state index contributed by atoms with van der Waals surface area (Å²) >= 11 is 0. The first-order valence-electron chi connectivity index (χ1n) is 4.57. The first-order valence-corrected chi connectivity index (χ1v) is 4.57. The molecule has 72 valence electrons. The van der Waals surface area contributed by atoms with Crippen LogP contribution in [0.4, 0.5) is 0 Å². The minimum atomic E-state index is -0.213. The molecule has 1 aliphatic rings. The third-order valence-electron chi connectivity index (χ3n) is 2.51. The maximum atomic E-state index is 10.6. The molecular formula is C11H16O2. The van der Waals surface area contributed by atoms with Crippen LogP contribution in [0.15, 0.2) is 24.8 Å². The third kappa shape index (κ3) is 2.72. The lowest BCUT2D eigenvalue weighted by Crippen LogP contribution is -2.10. The first kappa shape index (κ1) is 10.0. The van der Waals surface area contributed by atoms with Crippen LogP contribution in [0.5, 0.6) is 0 Å². The molecule has 1 saturated carbocycles. The fourth-order valence-electron chi connectivity index (χ4n) is 1.70. The van der Waals surface area contributed by atoms with E-state index < -0.39 is 0 Å². The Kier molecular flexibility index (Phi) is 3.29. The van der Waals surface area contributed by atoms with Crippen molar-refractivity contribution in [3.05, 3.63) is 24.8 Å². The van der Waals surface area contributed by atoms with Gasteiger partial charge in [-0.1, -0.05) is 18.2 Å². The standard InChI is InChI=1S/C11H16O2/c1-4-10-5-8(2)11(6-10)7-13-9(3)12/h4,10-11H,1-2,5-7H2,3H3. The lowest BCUT2D eigenvalue weighted by atomic mass is 10.1. The van der Waals surface area contributed by atoms with Crippen LogP contribution in [-0.2, 0) is 9.53 Å². The number of esters is 1. The van der Waals surface area contributed by atoms with Crippen molar-refractivity contribution >= 4 is 5.97 Å². The Labute approximate surface area is 79.3 Å². The molecule has 2 heteroatoms. The lowest BCUT2D eigenvalue weighted by molar-refractivity contribution is -0.141. The summed E-state index contributed by atoms with van der Waals surface area (Å²) in [6.07, 6.45) is 3.98. The molecule has 1 rings (SSSR count). The molecule has 2 nitrogen and oxygen atoms in total. The summed E-state index contributed by atoms with van der Waals surface area (Å²) in [5.41, 5.74) is 1.19. The van der Waals surface area contributed by atoms with Gasteiger partial charge < -0.3 is 4.74 Å². The van der Waals surface area contributed by atoms with Gasteiger partial charge in [0.05, 0.1) is 6.61 Å². The Morgan fingerprint density at radius 1 is 1.77 bits per heavy atom. The van der Waals surface area contributed by atoms with E-state index >= 15 is 0 Å². The maximum Gasteiger partial charge on any atom is 0.302 e. The highest BCUT2D eigenvalue weighted by molar-refractivity contribution is 5.65. The van der Waals surface area contributed by atoms with Gasteiger partial charge >= 0.3 is 5.97 Å². The van der Waals surface area contributed by atoms with Crippen molar-refractivity contribution in [3.63, 3.8) is 0 Å². The Balaban J connectivity index is 2.39. The Morgan fingerprint density at radius 2 is 2.46 bits per heavy atom. The molecule has 1 aliphatic carbocycles. The molecule has 0 aromatic heterocycles. The summed E-state index contributed by atoms with van der Waals surface area (Å²) in [5, 5.41) is 0. The molecule has 2 unspecified atom stereocenters. The monoisotopic (exact) mass is 180 g/mol. The summed E-state index contributed by atoms with van der Waals surface area (Å²) in [5.74, 6) is 0.648. The molecule has 13 heavy (non-hydrogen) atoms. The van der Waals surface area contributed by atoms with E-state index in [0.717, 1.165) is 12.8 Å². The van der Waals surface area contributed by atoms with Crippen LogP contribution < -0.4 is 0 Å². The number of carbonyl (C=O) groups is 1. The van der Waals surface area contributed by atoms with Gasteiger partial charge in [0.15, 0.2) is 0 Å². The second kappa shape index (κ2) is 4.26. The van der Waals surface area contributed by atoms with Crippen molar-refractivity contribution in [3.8, 4) is 0 Å². The molecule has 1 fully saturated rings. The maximum absolute atomic E-state index is 10.6. The summed E-state index contributed by atoms with van der Waals surface area (Å²) in [6, 6.07) is 0. The van der Waals surface area contributed by atoms with Crippen LogP contribution in [0.3, 0.4) is 0 Å². The lowest BCUT2D eigenvalue weighted by Gasteiger charge is -2.10. The minimum absolute atomic E-state index is 0.213. The van der Waals surface area contributed by atoms with Gasteiger partial charge in [0.25, 0.3) is 0 Å². The fraction of sp³-hybridized carbons (Fsp3) is 0.545. The molecule has 0 bridgehead atoms. The average molecular weight is 180 g/mol. The van der Waals surface area contributed by atoms with E-state index in [-0.39, 0.29) is 5.97 Å². The predicted octanol–water partition coefficient (Wildman–Crippen LogP) is 2.32. The first-order chi connectivity index (χ1) is 6.13. The van der Waals surface area contributed by atoms with Crippen LogP contribution in [-0.4, -0.2) is 12.6 Å². The number of allylic oxidation sites excluding steroid dienone is 1. The smallest absolute Gasteiger partial charge is 0.302 e. The van der Waals surface area contributed by atoms with E-state index in [4.69, 9.17) is 4.74 Å². The molecule has 0 aliphatic heterocycles. The highest BCUT2D eigenvalue weighted by Crippen LogP contribution is 2.35. The van der Waals surface area contributed by atoms with Gasteiger partial charge in [-0.05, 0) is 18.8 Å². The number of rotatable bonds is 3. The van der Waals surface area contributed by atoms with Crippen LogP contribution in [0.2, 0.25) is 0 Å². The number of hydrogen-bond donors (Lipinski definition) is 0. The van der Waals surface area contributed by atoms with Crippen molar-refractivity contribution < 1.29 is 9.53 Å². The van der Waals surface area contributed by atoms with Gasteiger partial charge in [0.1, 0.15) is 0 Å². The molecule has 0 N–H and O–H groups in total. The minimum Gasteiger partial charge on any atom is -0.465 e. The normalized spacial score (nSPS) is 27.3. The molecule has 2 atom stereocenters. The molecule has 0 heterocycles. The topological polar surface area (TPSA) is 26.3 Å². The van der Waals surface area contributed by atoms with E-state index in [9.17, 15) is 4.79 Å². The van der Waals surface area contributed by atoms with E-state index in [1.807, 2.05) is 6.08 Å². The van der Waals surface area contributed by atoms with E-state index in [2.05, 4.69) is 13.2 Å². The van der Waals surface area contributed by atoms with Crippen LogP contribution in [0, 0.1) is 11.8 Å². The van der Waals surface area contributed by atoms with Crippen LogP contribution >= 0.6 is 0 Å². The molecule has 0 aromatic carbocycles. The number of carbonyl (C=O) groups excluding carboxylic acids is 1. The highest BCUT2D eigenvalue weighted by Gasteiger charge is 2.26. The third-order valence-corrected chi connectivity index (χ3v) is 2.51. The van der Waals surface area contributed by atoms with Gasteiger partial charge in [-0.25, -0.2) is 0 Å².